The summed E-state index contributed by atoms with van der Waals surface area (Å²) in [5.41, 5.74) is 6.53. The van der Waals surface area contributed by atoms with Crippen molar-refractivity contribution in [1.29, 1.82) is 0 Å². The Kier molecular flexibility index (Phi) is 6.95. The molecule has 1 aliphatic rings. The molecule has 1 aromatic carbocycles. The van der Waals surface area contributed by atoms with Crippen molar-refractivity contribution in [2.24, 2.45) is 21.1 Å². The van der Waals surface area contributed by atoms with Crippen LogP contribution in [0.25, 0.3) is 0 Å². The highest BCUT2D eigenvalue weighted by molar-refractivity contribution is 6.30. The first-order valence-electron chi connectivity index (χ1n) is 10.2. The van der Waals surface area contributed by atoms with Crippen LogP contribution in [0.3, 0.4) is 0 Å². The van der Waals surface area contributed by atoms with E-state index in [0.29, 0.717) is 41.7 Å². The number of amides is 1. The van der Waals surface area contributed by atoms with Crippen LogP contribution in [0.2, 0.25) is 5.02 Å². The lowest BCUT2D eigenvalue weighted by molar-refractivity contribution is 0.102. The normalized spacial score (nSPS) is 21.3. The maximum absolute atomic E-state index is 14.9. The minimum absolute atomic E-state index is 0.195. The maximum Gasteiger partial charge on any atom is 0.274 e. The molecule has 0 bridgehead atoms. The van der Waals surface area contributed by atoms with Crippen molar-refractivity contribution in [3.8, 4) is 0 Å². The van der Waals surface area contributed by atoms with Gasteiger partial charge in [-0.25, -0.2) is 9.37 Å². The van der Waals surface area contributed by atoms with Gasteiger partial charge >= 0.3 is 0 Å². The number of carbonyl (C=O) groups is 1. The molecule has 0 radical (unpaired) electrons. The topological polar surface area (TPSA) is 102 Å². The van der Waals surface area contributed by atoms with E-state index >= 15 is 0 Å². The number of rotatable bonds is 6. The van der Waals surface area contributed by atoms with Gasteiger partial charge in [0.15, 0.2) is 0 Å². The van der Waals surface area contributed by atoms with Crippen molar-refractivity contribution in [2.75, 3.05) is 25.6 Å². The number of halogens is 2. The standard InChI is InChI=1S/C23H27ClFN5O2/c1-22(2)19(27-9-10-32-4)12-23(3,30-21(22)26)16-11-15(6-7-17(16)25)29-20(31)18-8-5-14(24)13-28-18/h5-8,11,13H,9-10,12H2,1-4H3,(H2,26,30)(H,29,31)/t23-/m0/s1. The molecule has 1 aromatic heterocycles. The Labute approximate surface area is 192 Å². The molecule has 0 aliphatic carbocycles. The summed E-state index contributed by atoms with van der Waals surface area (Å²) in [4.78, 5) is 25.9. The molecule has 3 N–H and O–H groups in total. The number of hydrogen-bond donors (Lipinski definition) is 2. The number of aliphatic imine (C=N–C) groups is 2. The van der Waals surface area contributed by atoms with Crippen LogP contribution in [0.4, 0.5) is 10.1 Å². The third-order valence-corrected chi connectivity index (χ3v) is 5.83. The molecule has 0 saturated carbocycles. The van der Waals surface area contributed by atoms with Crippen molar-refractivity contribution < 1.29 is 13.9 Å². The zero-order valence-electron chi connectivity index (χ0n) is 18.6. The predicted octanol–water partition coefficient (Wildman–Crippen LogP) is 4.22. The Hall–Kier alpha value is -2.84. The molecule has 1 amide bonds. The summed E-state index contributed by atoms with van der Waals surface area (Å²) in [6, 6.07) is 7.46. The third-order valence-electron chi connectivity index (χ3n) is 5.60. The summed E-state index contributed by atoms with van der Waals surface area (Å²) in [6.45, 7) is 6.66. The number of aromatic nitrogens is 1. The molecule has 0 saturated heterocycles. The van der Waals surface area contributed by atoms with E-state index in [1.54, 1.807) is 19.2 Å². The molecule has 0 unspecified atom stereocenters. The quantitative estimate of drug-likeness (QED) is 0.631. The van der Waals surface area contributed by atoms with Crippen molar-refractivity contribution in [2.45, 2.75) is 32.7 Å². The predicted molar refractivity (Wildman–Crippen MR) is 125 cm³/mol. The molecule has 1 atom stereocenters. The third kappa shape index (κ3) is 4.97. The lowest BCUT2D eigenvalue weighted by atomic mass is 9.73. The summed E-state index contributed by atoms with van der Waals surface area (Å²) in [5, 5.41) is 3.17. The average Bonchev–Trinajstić information content (AvgIpc) is 2.74. The van der Waals surface area contributed by atoms with Crippen molar-refractivity contribution in [3.63, 3.8) is 0 Å². The molecular weight excluding hydrogens is 433 g/mol. The average molecular weight is 460 g/mol. The highest BCUT2D eigenvalue weighted by Crippen LogP contribution is 2.41. The molecule has 170 valence electrons. The number of anilines is 1. The van der Waals surface area contributed by atoms with Crippen LogP contribution in [0.1, 0.15) is 43.2 Å². The van der Waals surface area contributed by atoms with E-state index in [-0.39, 0.29) is 5.69 Å². The molecule has 7 nitrogen and oxygen atoms in total. The minimum Gasteiger partial charge on any atom is -0.387 e. The number of amidine groups is 1. The van der Waals surface area contributed by atoms with Crippen molar-refractivity contribution in [1.82, 2.24) is 4.98 Å². The Morgan fingerprint density at radius 1 is 1.31 bits per heavy atom. The molecule has 0 spiro atoms. The Morgan fingerprint density at radius 2 is 2.06 bits per heavy atom. The number of benzene rings is 1. The Morgan fingerprint density at radius 3 is 2.72 bits per heavy atom. The second-order valence-electron chi connectivity index (χ2n) is 8.40. The number of nitrogens with two attached hydrogens (primary N) is 1. The van der Waals surface area contributed by atoms with Crippen LogP contribution in [-0.2, 0) is 10.3 Å². The maximum atomic E-state index is 14.9. The minimum atomic E-state index is -0.977. The van der Waals surface area contributed by atoms with Gasteiger partial charge in [0.25, 0.3) is 5.91 Å². The number of nitrogens with one attached hydrogen (secondary N) is 1. The van der Waals surface area contributed by atoms with Crippen molar-refractivity contribution >= 4 is 34.7 Å². The van der Waals surface area contributed by atoms with Crippen LogP contribution in [0.15, 0.2) is 46.5 Å². The van der Waals surface area contributed by atoms with Crippen LogP contribution in [-0.4, -0.2) is 42.7 Å². The Bertz CT molecular complexity index is 1070. The van der Waals surface area contributed by atoms with E-state index in [4.69, 9.17) is 22.1 Å². The summed E-state index contributed by atoms with van der Waals surface area (Å²) in [6.07, 6.45) is 1.77. The number of hydrogen-bond acceptors (Lipinski definition) is 6. The van der Waals surface area contributed by atoms with Crippen molar-refractivity contribution in [3.05, 3.63) is 58.6 Å². The van der Waals surface area contributed by atoms with Gasteiger partial charge in [-0.3, -0.25) is 14.8 Å². The zero-order valence-corrected chi connectivity index (χ0v) is 19.3. The first kappa shape index (κ1) is 23.8. The number of carbonyl (C=O) groups excluding carboxylic acids is 1. The Balaban J connectivity index is 1.94. The molecule has 2 aromatic rings. The van der Waals surface area contributed by atoms with E-state index in [2.05, 4.69) is 20.3 Å². The second-order valence-corrected chi connectivity index (χ2v) is 8.84. The fraction of sp³-hybridized carbons (Fsp3) is 0.391. The summed E-state index contributed by atoms with van der Waals surface area (Å²) >= 11 is 5.82. The summed E-state index contributed by atoms with van der Waals surface area (Å²) in [5.74, 6) is -0.497. The monoisotopic (exact) mass is 459 g/mol. The fourth-order valence-corrected chi connectivity index (χ4v) is 3.65. The second kappa shape index (κ2) is 9.34. The zero-order chi connectivity index (χ0) is 23.5. The number of methoxy groups -OCH3 is 1. The van der Waals surface area contributed by atoms with Gasteiger partial charge in [0.2, 0.25) is 0 Å². The van der Waals surface area contributed by atoms with Gasteiger partial charge in [0, 0.05) is 36.7 Å². The van der Waals surface area contributed by atoms with Gasteiger partial charge in [-0.15, -0.1) is 0 Å². The first-order valence-corrected chi connectivity index (χ1v) is 10.6. The molecular formula is C23H27ClFN5O2. The summed E-state index contributed by atoms with van der Waals surface area (Å²) < 4.78 is 20.0. The number of pyridine rings is 1. The highest BCUT2D eigenvalue weighted by Gasteiger charge is 2.43. The number of nitrogens with zero attached hydrogens (tertiary/aromatic N) is 3. The van der Waals surface area contributed by atoms with E-state index in [1.165, 1.54) is 24.4 Å². The van der Waals surface area contributed by atoms with E-state index in [0.717, 1.165) is 5.71 Å². The smallest absolute Gasteiger partial charge is 0.274 e. The largest absolute Gasteiger partial charge is 0.387 e. The van der Waals surface area contributed by atoms with Gasteiger partial charge in [-0.05, 0) is 51.1 Å². The van der Waals surface area contributed by atoms with Gasteiger partial charge in [-0.1, -0.05) is 11.6 Å². The van der Waals surface area contributed by atoms with E-state index in [1.807, 2.05) is 20.8 Å². The van der Waals surface area contributed by atoms with Gasteiger partial charge in [0.1, 0.15) is 17.3 Å². The first-order chi connectivity index (χ1) is 15.1. The summed E-state index contributed by atoms with van der Waals surface area (Å²) in [7, 11) is 1.61. The molecule has 0 fully saturated rings. The number of ether oxygens (including phenoxy) is 1. The lowest BCUT2D eigenvalue weighted by Gasteiger charge is -2.39. The van der Waals surface area contributed by atoms with Crippen LogP contribution < -0.4 is 11.1 Å². The van der Waals surface area contributed by atoms with Gasteiger partial charge < -0.3 is 15.8 Å². The molecule has 3 rings (SSSR count). The van der Waals surface area contributed by atoms with Crippen LogP contribution in [0, 0.1) is 11.2 Å². The van der Waals surface area contributed by atoms with Crippen LogP contribution >= 0.6 is 11.6 Å². The molecule has 32 heavy (non-hydrogen) atoms. The lowest BCUT2D eigenvalue weighted by Crippen LogP contribution is -2.48. The fourth-order valence-electron chi connectivity index (χ4n) is 3.54. The van der Waals surface area contributed by atoms with Crippen LogP contribution in [0.5, 0.6) is 0 Å². The molecule has 1 aliphatic heterocycles. The van der Waals surface area contributed by atoms with Gasteiger partial charge in [0.05, 0.1) is 29.1 Å². The molecule has 2 heterocycles. The SMILES string of the molecule is COCCN=C1C[C@@](C)(c2cc(NC(=O)c3ccc(Cl)cn3)ccc2F)N=C(N)C1(C)C. The van der Waals surface area contributed by atoms with Gasteiger partial charge in [-0.2, -0.15) is 0 Å². The highest BCUT2D eigenvalue weighted by atomic mass is 35.5. The van der Waals surface area contributed by atoms with E-state index < -0.39 is 22.7 Å². The molecule has 9 heteroatoms. The van der Waals surface area contributed by atoms with E-state index in [9.17, 15) is 9.18 Å².